The summed E-state index contributed by atoms with van der Waals surface area (Å²) in [7, 11) is 0. The highest BCUT2D eigenvalue weighted by atomic mass is 35.5. The Morgan fingerprint density at radius 3 is 2.76 bits per heavy atom. The summed E-state index contributed by atoms with van der Waals surface area (Å²) in [5, 5.41) is 0. The minimum atomic E-state index is -0.327. The van der Waals surface area contributed by atoms with E-state index in [0.717, 1.165) is 18.8 Å². The lowest BCUT2D eigenvalue weighted by molar-refractivity contribution is 0.100. The smallest absolute Gasteiger partial charge is 0.142 e. The molecule has 0 heterocycles. The number of ether oxygens (including phenoxy) is 1. The highest BCUT2D eigenvalue weighted by molar-refractivity contribution is 6.18. The highest BCUT2D eigenvalue weighted by Crippen LogP contribution is 2.32. The molecule has 1 aliphatic rings. The van der Waals surface area contributed by atoms with Crippen LogP contribution in [0.1, 0.15) is 45.1 Å². The van der Waals surface area contributed by atoms with Crippen molar-refractivity contribution in [2.45, 2.75) is 45.6 Å². The van der Waals surface area contributed by atoms with Gasteiger partial charge in [0.15, 0.2) is 0 Å². The minimum absolute atomic E-state index is 0.198. The van der Waals surface area contributed by atoms with Crippen molar-refractivity contribution in [3.05, 3.63) is 29.6 Å². The summed E-state index contributed by atoms with van der Waals surface area (Å²) >= 11 is 5.55. The topological polar surface area (TPSA) is 9.23 Å². The molecule has 21 heavy (non-hydrogen) atoms. The third-order valence-electron chi connectivity index (χ3n) is 4.24. The zero-order chi connectivity index (χ0) is 15.2. The zero-order valence-corrected chi connectivity index (χ0v) is 13.4. The van der Waals surface area contributed by atoms with Gasteiger partial charge < -0.3 is 4.74 Å². The number of benzene rings is 1. The van der Waals surface area contributed by atoms with Gasteiger partial charge in [-0.15, -0.1) is 11.6 Å². The summed E-state index contributed by atoms with van der Waals surface area (Å²) in [4.78, 5) is 0. The third-order valence-corrected chi connectivity index (χ3v) is 4.42. The Hall–Kier alpha value is -1.20. The molecule has 1 aromatic rings. The molecule has 2 rings (SSSR count). The van der Waals surface area contributed by atoms with E-state index in [9.17, 15) is 4.39 Å². The fourth-order valence-corrected chi connectivity index (χ4v) is 2.77. The second-order valence-corrected chi connectivity index (χ2v) is 6.27. The lowest BCUT2D eigenvalue weighted by Crippen LogP contribution is -2.28. The van der Waals surface area contributed by atoms with E-state index in [1.54, 1.807) is 12.1 Å². The van der Waals surface area contributed by atoms with Gasteiger partial charge in [0.05, 0.1) is 11.7 Å². The molecule has 0 bridgehead atoms. The Kier molecular flexibility index (Phi) is 5.94. The van der Waals surface area contributed by atoms with Crippen LogP contribution < -0.4 is 4.74 Å². The largest absolute Gasteiger partial charge is 0.490 e. The number of alkyl halides is 1. The van der Waals surface area contributed by atoms with Crippen LogP contribution in [0.5, 0.6) is 5.75 Å². The van der Waals surface area contributed by atoms with Crippen molar-refractivity contribution in [1.82, 2.24) is 0 Å². The van der Waals surface area contributed by atoms with Crippen LogP contribution in [0.3, 0.4) is 0 Å². The fraction of sp³-hybridized carbons (Fsp3) is 0.556. The molecule has 3 heteroatoms. The van der Waals surface area contributed by atoms with Crippen molar-refractivity contribution in [1.29, 1.82) is 0 Å². The maximum atomic E-state index is 14.0. The van der Waals surface area contributed by atoms with Crippen LogP contribution in [0.4, 0.5) is 4.39 Å². The summed E-state index contributed by atoms with van der Waals surface area (Å²) in [6, 6.07) is 4.92. The predicted molar refractivity (Wildman–Crippen MR) is 85.2 cm³/mol. The molecule has 0 saturated heterocycles. The Morgan fingerprint density at radius 2 is 2.10 bits per heavy atom. The molecular formula is C18H22ClFO. The normalized spacial score (nSPS) is 25.0. The SMILES string of the molecule is CC1CCC(Oc2ccc(C#CCCCl)c(F)c2)CC1C. The fourth-order valence-electron chi connectivity index (χ4n) is 2.67. The van der Waals surface area contributed by atoms with Crippen molar-refractivity contribution in [3.63, 3.8) is 0 Å². The second kappa shape index (κ2) is 7.71. The molecule has 0 N–H and O–H groups in total. The first-order valence-corrected chi connectivity index (χ1v) is 8.14. The third kappa shape index (κ3) is 4.64. The van der Waals surface area contributed by atoms with Gasteiger partial charge >= 0.3 is 0 Å². The van der Waals surface area contributed by atoms with E-state index < -0.39 is 0 Å². The first-order valence-electron chi connectivity index (χ1n) is 7.61. The molecule has 0 spiro atoms. The van der Waals surface area contributed by atoms with Crippen molar-refractivity contribution < 1.29 is 9.13 Å². The molecule has 114 valence electrons. The summed E-state index contributed by atoms with van der Waals surface area (Å²) in [6.07, 6.45) is 4.03. The van der Waals surface area contributed by atoms with Gasteiger partial charge in [-0.25, -0.2) is 4.39 Å². The summed E-state index contributed by atoms with van der Waals surface area (Å²) in [6.45, 7) is 4.55. The molecule has 0 aliphatic heterocycles. The molecule has 0 aromatic heterocycles. The molecular weight excluding hydrogens is 287 g/mol. The second-order valence-electron chi connectivity index (χ2n) is 5.89. The lowest BCUT2D eigenvalue weighted by Gasteiger charge is -2.32. The van der Waals surface area contributed by atoms with Crippen LogP contribution >= 0.6 is 11.6 Å². The predicted octanol–water partition coefficient (Wildman–Crippen LogP) is 5.01. The molecule has 1 fully saturated rings. The molecule has 0 amide bonds. The summed E-state index contributed by atoms with van der Waals surface area (Å²) in [5.41, 5.74) is 0.401. The van der Waals surface area contributed by atoms with Crippen LogP contribution in [0, 0.1) is 29.5 Å². The summed E-state index contributed by atoms with van der Waals surface area (Å²) < 4.78 is 19.9. The van der Waals surface area contributed by atoms with Crippen molar-refractivity contribution >= 4 is 11.6 Å². The molecule has 3 unspecified atom stereocenters. The van der Waals surface area contributed by atoms with Gasteiger partial charge in [0.1, 0.15) is 11.6 Å². The Labute approximate surface area is 131 Å². The van der Waals surface area contributed by atoms with Crippen LogP contribution in [0.25, 0.3) is 0 Å². The highest BCUT2D eigenvalue weighted by Gasteiger charge is 2.25. The van der Waals surface area contributed by atoms with Crippen molar-refractivity contribution in [2.75, 3.05) is 5.88 Å². The van der Waals surface area contributed by atoms with Gasteiger partial charge in [0.25, 0.3) is 0 Å². The van der Waals surface area contributed by atoms with Crippen LogP contribution in [0.15, 0.2) is 18.2 Å². The maximum absolute atomic E-state index is 14.0. The number of rotatable bonds is 3. The standard InChI is InChI=1S/C18H22ClFO/c1-13-6-8-16(11-14(13)2)21-17-9-7-15(18(20)12-17)5-3-4-10-19/h7,9,12-14,16H,4,6,8,10-11H2,1-2H3. The Bertz CT molecular complexity index is 532. The number of hydrogen-bond acceptors (Lipinski definition) is 1. The van der Waals surface area contributed by atoms with Gasteiger partial charge in [0.2, 0.25) is 0 Å². The Morgan fingerprint density at radius 1 is 1.29 bits per heavy atom. The maximum Gasteiger partial charge on any atom is 0.142 e. The van der Waals surface area contributed by atoms with E-state index in [0.29, 0.717) is 29.5 Å². The first-order chi connectivity index (χ1) is 10.1. The van der Waals surface area contributed by atoms with Gasteiger partial charge in [-0.2, -0.15) is 0 Å². The van der Waals surface area contributed by atoms with E-state index in [1.807, 2.05) is 0 Å². The van der Waals surface area contributed by atoms with Crippen LogP contribution in [-0.2, 0) is 0 Å². The number of halogens is 2. The van der Waals surface area contributed by atoms with E-state index in [-0.39, 0.29) is 11.9 Å². The summed E-state index contributed by atoms with van der Waals surface area (Å²) in [5.74, 6) is 7.78. The molecule has 0 radical (unpaired) electrons. The van der Waals surface area contributed by atoms with Crippen LogP contribution in [0.2, 0.25) is 0 Å². The van der Waals surface area contributed by atoms with E-state index in [4.69, 9.17) is 16.3 Å². The quantitative estimate of drug-likeness (QED) is 0.563. The van der Waals surface area contributed by atoms with Gasteiger partial charge in [-0.3, -0.25) is 0 Å². The monoisotopic (exact) mass is 308 g/mol. The van der Waals surface area contributed by atoms with E-state index in [1.165, 1.54) is 12.5 Å². The van der Waals surface area contributed by atoms with Crippen LogP contribution in [-0.4, -0.2) is 12.0 Å². The first kappa shape index (κ1) is 16.2. The zero-order valence-electron chi connectivity index (χ0n) is 12.7. The van der Waals surface area contributed by atoms with Gasteiger partial charge in [-0.1, -0.05) is 25.7 Å². The molecule has 3 atom stereocenters. The molecule has 1 aliphatic carbocycles. The van der Waals surface area contributed by atoms with Gasteiger partial charge in [0, 0.05) is 18.4 Å². The number of hydrogen-bond donors (Lipinski definition) is 0. The lowest BCUT2D eigenvalue weighted by atomic mass is 9.80. The van der Waals surface area contributed by atoms with Gasteiger partial charge in [-0.05, 0) is 43.2 Å². The van der Waals surface area contributed by atoms with E-state index >= 15 is 0 Å². The molecule has 1 saturated carbocycles. The van der Waals surface area contributed by atoms with E-state index in [2.05, 4.69) is 25.7 Å². The average Bonchev–Trinajstić information content (AvgIpc) is 2.45. The Balaban J connectivity index is 1.99. The van der Waals surface area contributed by atoms with Crippen molar-refractivity contribution in [2.24, 2.45) is 11.8 Å². The van der Waals surface area contributed by atoms with Crippen molar-refractivity contribution in [3.8, 4) is 17.6 Å². The average molecular weight is 309 g/mol. The minimum Gasteiger partial charge on any atom is -0.490 e. The molecule has 1 aromatic carbocycles. The molecule has 1 nitrogen and oxygen atoms in total.